The maximum Gasteiger partial charge on any atom is 0.273 e. The maximum absolute atomic E-state index is 13.5. The summed E-state index contributed by atoms with van der Waals surface area (Å²) in [5.74, 6) is -0.266. The molecule has 0 spiro atoms. The highest BCUT2D eigenvalue weighted by Gasteiger charge is 2.27. The van der Waals surface area contributed by atoms with Crippen LogP contribution in [0.2, 0.25) is 0 Å². The molecule has 6 nitrogen and oxygen atoms in total. The third-order valence-electron chi connectivity index (χ3n) is 5.46. The number of piperidine rings is 1. The first-order valence-electron chi connectivity index (χ1n) is 9.44. The van der Waals surface area contributed by atoms with Gasteiger partial charge in [-0.3, -0.25) is 14.9 Å². The van der Waals surface area contributed by atoms with Crippen LogP contribution < -0.4 is 10.2 Å². The fourth-order valence-corrected chi connectivity index (χ4v) is 3.92. The molecular weight excluding hydrogens is 337 g/mol. The van der Waals surface area contributed by atoms with Crippen molar-refractivity contribution in [1.82, 2.24) is 5.32 Å². The predicted molar refractivity (Wildman–Crippen MR) is 98.5 cm³/mol. The van der Waals surface area contributed by atoms with E-state index in [2.05, 4.69) is 5.32 Å². The molecular formula is C19H26FN3O3. The van der Waals surface area contributed by atoms with Crippen LogP contribution in [0.1, 0.15) is 60.9 Å². The number of rotatable bonds is 4. The number of nitrogens with one attached hydrogen (secondary N) is 1. The second-order valence-electron chi connectivity index (χ2n) is 7.38. The summed E-state index contributed by atoms with van der Waals surface area (Å²) in [6, 6.07) is 3.21. The highest BCUT2D eigenvalue weighted by atomic mass is 19.1. The monoisotopic (exact) mass is 363 g/mol. The Morgan fingerprint density at radius 2 is 1.85 bits per heavy atom. The molecule has 1 amide bonds. The molecule has 2 fully saturated rings. The summed E-state index contributed by atoms with van der Waals surface area (Å²) in [4.78, 5) is 25.7. The molecule has 0 aromatic heterocycles. The van der Waals surface area contributed by atoms with Crippen molar-refractivity contribution < 1.29 is 14.1 Å². The zero-order valence-electron chi connectivity index (χ0n) is 15.2. The lowest BCUT2D eigenvalue weighted by Crippen LogP contribution is -2.39. The molecule has 1 aliphatic carbocycles. The van der Waals surface area contributed by atoms with Gasteiger partial charge in [-0.1, -0.05) is 19.3 Å². The molecule has 2 aliphatic rings. The molecule has 3 rings (SSSR count). The third kappa shape index (κ3) is 4.14. The first-order valence-corrected chi connectivity index (χ1v) is 9.44. The maximum atomic E-state index is 13.5. The number of benzene rings is 1. The van der Waals surface area contributed by atoms with E-state index in [4.69, 9.17) is 0 Å². The fourth-order valence-electron chi connectivity index (χ4n) is 3.92. The summed E-state index contributed by atoms with van der Waals surface area (Å²) in [5, 5.41) is 14.4. The average Bonchev–Trinajstić information content (AvgIpc) is 2.62. The van der Waals surface area contributed by atoms with Gasteiger partial charge in [0.1, 0.15) is 6.17 Å². The topological polar surface area (TPSA) is 75.5 Å². The second kappa shape index (κ2) is 8.01. The Hall–Kier alpha value is -2.18. The number of anilines is 1. The van der Waals surface area contributed by atoms with Gasteiger partial charge in [0.2, 0.25) is 0 Å². The number of nitro groups is 1. The van der Waals surface area contributed by atoms with Crippen LogP contribution in [-0.4, -0.2) is 36.1 Å². The second-order valence-corrected chi connectivity index (χ2v) is 7.38. The van der Waals surface area contributed by atoms with Crippen LogP contribution in [0, 0.1) is 17.0 Å². The number of nitro benzene ring substituents is 1. The van der Waals surface area contributed by atoms with E-state index in [0.29, 0.717) is 42.7 Å². The zero-order chi connectivity index (χ0) is 18.7. The van der Waals surface area contributed by atoms with Gasteiger partial charge in [-0.15, -0.1) is 0 Å². The van der Waals surface area contributed by atoms with Crippen molar-refractivity contribution in [3.8, 4) is 0 Å². The summed E-state index contributed by atoms with van der Waals surface area (Å²) in [6.07, 6.45) is 5.28. The molecule has 1 aromatic carbocycles. The number of nitrogens with zero attached hydrogens (tertiary/aromatic N) is 2. The number of hydrogen-bond donors (Lipinski definition) is 1. The van der Waals surface area contributed by atoms with Crippen molar-refractivity contribution in [1.29, 1.82) is 0 Å². The lowest BCUT2D eigenvalue weighted by molar-refractivity contribution is -0.385. The highest BCUT2D eigenvalue weighted by molar-refractivity contribution is 6.01. The summed E-state index contributed by atoms with van der Waals surface area (Å²) in [7, 11) is 0. The normalized spacial score (nSPS) is 19.4. The summed E-state index contributed by atoms with van der Waals surface area (Å²) < 4.78 is 13.5. The Bertz CT molecular complexity index is 681. The van der Waals surface area contributed by atoms with Crippen LogP contribution in [0.25, 0.3) is 0 Å². The van der Waals surface area contributed by atoms with Crippen LogP contribution in [0.3, 0.4) is 0 Å². The summed E-state index contributed by atoms with van der Waals surface area (Å²) in [5.41, 5.74) is 1.46. The summed E-state index contributed by atoms with van der Waals surface area (Å²) in [6.45, 7) is 2.70. The standard InChI is InChI=1S/C19H26FN3O3/c1-13-11-18(22-9-7-14(20)8-10-22)16(12-17(13)23(25)26)19(24)21-15-5-3-2-4-6-15/h11-12,14-15H,2-10H2,1H3,(H,21,24). The molecule has 1 saturated carbocycles. The first-order chi connectivity index (χ1) is 12.5. The van der Waals surface area contributed by atoms with Crippen LogP contribution in [0.4, 0.5) is 15.8 Å². The van der Waals surface area contributed by atoms with Gasteiger partial charge in [0.15, 0.2) is 0 Å². The van der Waals surface area contributed by atoms with Gasteiger partial charge in [0, 0.05) is 30.8 Å². The van der Waals surface area contributed by atoms with Crippen molar-refractivity contribution in [2.75, 3.05) is 18.0 Å². The Morgan fingerprint density at radius 3 is 2.46 bits per heavy atom. The zero-order valence-corrected chi connectivity index (χ0v) is 15.2. The van der Waals surface area contributed by atoms with E-state index < -0.39 is 11.1 Å². The van der Waals surface area contributed by atoms with E-state index in [1.807, 2.05) is 4.90 Å². The Kier molecular flexibility index (Phi) is 5.74. The number of carbonyl (C=O) groups is 1. The van der Waals surface area contributed by atoms with Crippen molar-refractivity contribution in [3.63, 3.8) is 0 Å². The number of amides is 1. The van der Waals surface area contributed by atoms with E-state index in [-0.39, 0.29) is 17.6 Å². The largest absolute Gasteiger partial charge is 0.371 e. The minimum atomic E-state index is -0.815. The van der Waals surface area contributed by atoms with Gasteiger partial charge >= 0.3 is 0 Å². The third-order valence-corrected chi connectivity index (χ3v) is 5.46. The number of carbonyl (C=O) groups excluding carboxylic acids is 1. The molecule has 7 heteroatoms. The Balaban J connectivity index is 1.90. The fraction of sp³-hybridized carbons (Fsp3) is 0.632. The molecule has 1 saturated heterocycles. The quantitative estimate of drug-likeness (QED) is 0.650. The molecule has 1 aliphatic heterocycles. The van der Waals surface area contributed by atoms with Gasteiger partial charge in [0.05, 0.1) is 16.2 Å². The van der Waals surface area contributed by atoms with Gasteiger partial charge in [-0.25, -0.2) is 4.39 Å². The molecule has 0 atom stereocenters. The SMILES string of the molecule is Cc1cc(N2CCC(F)CC2)c(C(=O)NC2CCCCC2)cc1[N+](=O)[O-]. The van der Waals surface area contributed by atoms with E-state index in [0.717, 1.165) is 25.7 Å². The Labute approximate surface area is 152 Å². The molecule has 26 heavy (non-hydrogen) atoms. The van der Waals surface area contributed by atoms with E-state index >= 15 is 0 Å². The van der Waals surface area contributed by atoms with Crippen molar-refractivity contribution in [2.45, 2.75) is 64.1 Å². The average molecular weight is 363 g/mol. The molecule has 1 N–H and O–H groups in total. The van der Waals surface area contributed by atoms with E-state index in [1.165, 1.54) is 12.5 Å². The minimum absolute atomic E-state index is 0.0529. The molecule has 1 aromatic rings. The van der Waals surface area contributed by atoms with Gasteiger partial charge in [0.25, 0.3) is 11.6 Å². The first kappa shape index (κ1) is 18.6. The smallest absolute Gasteiger partial charge is 0.273 e. The number of aryl methyl sites for hydroxylation is 1. The van der Waals surface area contributed by atoms with Crippen molar-refractivity contribution >= 4 is 17.3 Å². The van der Waals surface area contributed by atoms with Gasteiger partial charge in [-0.2, -0.15) is 0 Å². The van der Waals surface area contributed by atoms with Gasteiger partial charge < -0.3 is 10.2 Å². The van der Waals surface area contributed by atoms with Crippen LogP contribution >= 0.6 is 0 Å². The molecule has 1 heterocycles. The van der Waals surface area contributed by atoms with Crippen LogP contribution in [0.5, 0.6) is 0 Å². The lowest BCUT2D eigenvalue weighted by Gasteiger charge is -2.32. The van der Waals surface area contributed by atoms with Crippen molar-refractivity contribution in [2.24, 2.45) is 0 Å². The van der Waals surface area contributed by atoms with Crippen molar-refractivity contribution in [3.05, 3.63) is 33.4 Å². The number of hydrogen-bond acceptors (Lipinski definition) is 4. The molecule has 142 valence electrons. The molecule has 0 bridgehead atoms. The van der Waals surface area contributed by atoms with Gasteiger partial charge in [-0.05, 0) is 38.7 Å². The lowest BCUT2D eigenvalue weighted by atomic mass is 9.95. The highest BCUT2D eigenvalue weighted by Crippen LogP contribution is 2.32. The molecule has 0 radical (unpaired) electrons. The van der Waals surface area contributed by atoms with Crippen LogP contribution in [0.15, 0.2) is 12.1 Å². The minimum Gasteiger partial charge on any atom is -0.371 e. The number of alkyl halides is 1. The summed E-state index contributed by atoms with van der Waals surface area (Å²) >= 11 is 0. The predicted octanol–water partition coefficient (Wildman–Crippen LogP) is 3.90. The molecule has 0 unspecified atom stereocenters. The number of halogens is 1. The Morgan fingerprint density at radius 1 is 1.19 bits per heavy atom. The van der Waals surface area contributed by atoms with E-state index in [1.54, 1.807) is 13.0 Å². The van der Waals surface area contributed by atoms with Crippen LogP contribution in [-0.2, 0) is 0 Å². The van der Waals surface area contributed by atoms with E-state index in [9.17, 15) is 19.3 Å².